The highest BCUT2D eigenvalue weighted by Crippen LogP contribution is 2.15. The fraction of sp³-hybridized carbons (Fsp3) is 0.111. The molecule has 0 saturated heterocycles. The number of benzene rings is 2. The fourth-order valence-electron chi connectivity index (χ4n) is 2.31. The Bertz CT molecular complexity index is 779. The average Bonchev–Trinajstić information content (AvgIpc) is 2.53. The predicted octanol–water partition coefficient (Wildman–Crippen LogP) is 3.63. The number of hydrogen-bond acceptors (Lipinski definition) is 3. The number of rotatable bonds is 4. The van der Waals surface area contributed by atoms with E-state index in [0.29, 0.717) is 18.4 Å². The van der Waals surface area contributed by atoms with Gasteiger partial charge in [0.2, 0.25) is 0 Å². The second kappa shape index (κ2) is 5.75. The third-order valence-electron chi connectivity index (χ3n) is 3.53. The molecule has 0 aliphatic carbocycles. The maximum Gasteiger partial charge on any atom is 0.164 e. The molecular weight excluding hydrogens is 260 g/mol. The molecule has 0 fully saturated rings. The predicted molar refractivity (Wildman–Crippen MR) is 85.2 cm³/mol. The first-order valence-corrected chi connectivity index (χ1v) is 6.95. The number of pyridine rings is 1. The molecule has 3 nitrogen and oxygen atoms in total. The van der Waals surface area contributed by atoms with E-state index in [4.69, 9.17) is 5.73 Å². The molecule has 3 heteroatoms. The van der Waals surface area contributed by atoms with Crippen LogP contribution in [-0.4, -0.2) is 10.8 Å². The summed E-state index contributed by atoms with van der Waals surface area (Å²) in [6, 6.07) is 17.4. The molecule has 0 aliphatic heterocycles. The average molecular weight is 276 g/mol. The van der Waals surface area contributed by atoms with Gasteiger partial charge in [0.1, 0.15) is 0 Å². The largest absolute Gasteiger partial charge is 0.399 e. The number of aromatic nitrogens is 1. The fourth-order valence-corrected chi connectivity index (χ4v) is 2.31. The minimum Gasteiger partial charge on any atom is -0.399 e. The van der Waals surface area contributed by atoms with Crippen LogP contribution >= 0.6 is 0 Å². The number of fused-ring (bicyclic) bond motifs is 1. The second-order valence-corrected chi connectivity index (χ2v) is 5.08. The Hall–Kier alpha value is -2.68. The highest BCUT2D eigenvalue weighted by molar-refractivity contribution is 5.98. The lowest BCUT2D eigenvalue weighted by molar-refractivity contribution is 0.0982. The summed E-state index contributed by atoms with van der Waals surface area (Å²) in [5.74, 6) is 0.116. The van der Waals surface area contributed by atoms with Crippen LogP contribution in [0.15, 0.2) is 60.8 Å². The number of aryl methyl sites for hydroxylation is 1. The van der Waals surface area contributed by atoms with Gasteiger partial charge in [0.25, 0.3) is 0 Å². The zero-order valence-electron chi connectivity index (χ0n) is 11.6. The van der Waals surface area contributed by atoms with Crippen molar-refractivity contribution in [2.24, 2.45) is 0 Å². The Morgan fingerprint density at radius 2 is 1.81 bits per heavy atom. The van der Waals surface area contributed by atoms with Crippen molar-refractivity contribution in [1.82, 2.24) is 4.98 Å². The van der Waals surface area contributed by atoms with Crippen LogP contribution in [0.4, 0.5) is 5.69 Å². The van der Waals surface area contributed by atoms with Gasteiger partial charge in [-0.2, -0.15) is 0 Å². The number of nitrogen functional groups attached to an aromatic ring is 1. The molecule has 0 unspecified atom stereocenters. The Kier molecular flexibility index (Phi) is 3.65. The van der Waals surface area contributed by atoms with Crippen molar-refractivity contribution in [3.8, 4) is 0 Å². The van der Waals surface area contributed by atoms with Gasteiger partial charge < -0.3 is 5.73 Å². The molecular formula is C18H16N2O. The third kappa shape index (κ3) is 3.08. The highest BCUT2D eigenvalue weighted by atomic mass is 16.1. The topological polar surface area (TPSA) is 56.0 Å². The molecule has 104 valence electrons. The number of ketones is 1. The summed E-state index contributed by atoms with van der Waals surface area (Å²) < 4.78 is 0. The zero-order chi connectivity index (χ0) is 14.7. The summed E-state index contributed by atoms with van der Waals surface area (Å²) in [4.78, 5) is 16.6. The van der Waals surface area contributed by atoms with Crippen LogP contribution in [0, 0.1) is 0 Å². The number of nitrogens with zero attached hydrogens (tertiary/aromatic N) is 1. The van der Waals surface area contributed by atoms with Gasteiger partial charge in [-0.05, 0) is 36.2 Å². The minimum absolute atomic E-state index is 0.116. The Morgan fingerprint density at radius 3 is 2.62 bits per heavy atom. The van der Waals surface area contributed by atoms with Crippen LogP contribution in [-0.2, 0) is 6.42 Å². The van der Waals surface area contributed by atoms with E-state index in [0.717, 1.165) is 22.2 Å². The summed E-state index contributed by atoms with van der Waals surface area (Å²) in [7, 11) is 0. The van der Waals surface area contributed by atoms with Crippen molar-refractivity contribution in [3.05, 3.63) is 71.9 Å². The first kappa shape index (κ1) is 13.3. The lowest BCUT2D eigenvalue weighted by Crippen LogP contribution is -2.02. The summed E-state index contributed by atoms with van der Waals surface area (Å²) in [5.41, 5.74) is 9.09. The SMILES string of the molecule is Nc1ccc(CCC(=O)c2cnc3ccccc3c2)cc1. The molecule has 0 bridgehead atoms. The number of carbonyl (C=O) groups is 1. The van der Waals surface area contributed by atoms with Crippen molar-refractivity contribution in [1.29, 1.82) is 0 Å². The van der Waals surface area contributed by atoms with Crippen LogP contribution in [0.3, 0.4) is 0 Å². The lowest BCUT2D eigenvalue weighted by Gasteiger charge is -2.04. The molecule has 0 amide bonds. The molecule has 3 rings (SSSR count). The van der Waals surface area contributed by atoms with Crippen molar-refractivity contribution >= 4 is 22.4 Å². The van der Waals surface area contributed by atoms with Gasteiger partial charge in [-0.1, -0.05) is 30.3 Å². The molecule has 2 aromatic carbocycles. The van der Waals surface area contributed by atoms with Crippen LogP contribution < -0.4 is 5.73 Å². The van der Waals surface area contributed by atoms with Gasteiger partial charge >= 0.3 is 0 Å². The molecule has 21 heavy (non-hydrogen) atoms. The number of nitrogens with two attached hydrogens (primary N) is 1. The number of hydrogen-bond donors (Lipinski definition) is 1. The summed E-state index contributed by atoms with van der Waals surface area (Å²) in [6.45, 7) is 0. The molecule has 3 aromatic rings. The van der Waals surface area contributed by atoms with Crippen molar-refractivity contribution in [3.63, 3.8) is 0 Å². The van der Waals surface area contributed by atoms with Gasteiger partial charge in [-0.25, -0.2) is 0 Å². The quantitative estimate of drug-likeness (QED) is 0.584. The van der Waals surface area contributed by atoms with E-state index in [1.165, 1.54) is 0 Å². The Labute approximate surface area is 123 Å². The number of anilines is 1. The molecule has 0 atom stereocenters. The van der Waals surface area contributed by atoms with E-state index in [1.807, 2.05) is 54.6 Å². The van der Waals surface area contributed by atoms with Crippen LogP contribution in [0.5, 0.6) is 0 Å². The molecule has 0 spiro atoms. The van der Waals surface area contributed by atoms with E-state index in [9.17, 15) is 4.79 Å². The molecule has 1 heterocycles. The summed E-state index contributed by atoms with van der Waals surface area (Å²) >= 11 is 0. The van der Waals surface area contributed by atoms with Gasteiger partial charge in [-0.3, -0.25) is 9.78 Å². The van der Waals surface area contributed by atoms with Gasteiger partial charge in [0.05, 0.1) is 5.52 Å². The van der Waals surface area contributed by atoms with Crippen LogP contribution in [0.2, 0.25) is 0 Å². The van der Waals surface area contributed by atoms with Crippen LogP contribution in [0.1, 0.15) is 22.3 Å². The molecule has 0 aliphatic rings. The van der Waals surface area contributed by atoms with E-state index in [-0.39, 0.29) is 5.78 Å². The monoisotopic (exact) mass is 276 g/mol. The second-order valence-electron chi connectivity index (χ2n) is 5.08. The Morgan fingerprint density at radius 1 is 1.05 bits per heavy atom. The molecule has 0 saturated carbocycles. The number of Topliss-reactive ketones (excluding diaryl/α,β-unsaturated/α-hetero) is 1. The number of para-hydroxylation sites is 1. The zero-order valence-corrected chi connectivity index (χ0v) is 11.6. The van der Waals surface area contributed by atoms with E-state index in [1.54, 1.807) is 6.20 Å². The Balaban J connectivity index is 1.73. The van der Waals surface area contributed by atoms with E-state index >= 15 is 0 Å². The maximum atomic E-state index is 12.3. The number of carbonyl (C=O) groups excluding carboxylic acids is 1. The first-order chi connectivity index (χ1) is 10.2. The van der Waals surface area contributed by atoms with Crippen molar-refractivity contribution in [2.75, 3.05) is 5.73 Å². The lowest BCUT2D eigenvalue weighted by atomic mass is 10.0. The molecule has 1 aromatic heterocycles. The molecule has 2 N–H and O–H groups in total. The van der Waals surface area contributed by atoms with E-state index in [2.05, 4.69) is 4.98 Å². The summed E-state index contributed by atoms with van der Waals surface area (Å²) in [6.07, 6.45) is 2.85. The normalized spacial score (nSPS) is 10.7. The molecule has 0 radical (unpaired) electrons. The first-order valence-electron chi connectivity index (χ1n) is 6.95. The van der Waals surface area contributed by atoms with Gasteiger partial charge in [0, 0.05) is 29.3 Å². The van der Waals surface area contributed by atoms with Gasteiger partial charge in [-0.15, -0.1) is 0 Å². The van der Waals surface area contributed by atoms with Crippen LogP contribution in [0.25, 0.3) is 10.9 Å². The minimum atomic E-state index is 0.116. The van der Waals surface area contributed by atoms with Crippen molar-refractivity contribution in [2.45, 2.75) is 12.8 Å². The van der Waals surface area contributed by atoms with E-state index < -0.39 is 0 Å². The maximum absolute atomic E-state index is 12.3. The van der Waals surface area contributed by atoms with Gasteiger partial charge in [0.15, 0.2) is 5.78 Å². The smallest absolute Gasteiger partial charge is 0.164 e. The standard InChI is InChI=1S/C18H16N2O/c19-16-8-5-13(6-9-16)7-10-18(21)15-11-14-3-1-2-4-17(14)20-12-15/h1-6,8-9,11-12H,7,10,19H2. The van der Waals surface area contributed by atoms with Crippen molar-refractivity contribution < 1.29 is 4.79 Å². The third-order valence-corrected chi connectivity index (χ3v) is 3.53. The highest BCUT2D eigenvalue weighted by Gasteiger charge is 2.07. The summed E-state index contributed by atoms with van der Waals surface area (Å²) in [5, 5.41) is 0.996.